The summed E-state index contributed by atoms with van der Waals surface area (Å²) in [5.74, 6) is 0.180. The molecule has 0 spiro atoms. The monoisotopic (exact) mass is 304 g/mol. The Morgan fingerprint density at radius 3 is 2.84 bits per heavy atom. The number of ether oxygens (including phenoxy) is 1. The molecule has 6 heteroatoms. The third kappa shape index (κ3) is 4.35. The summed E-state index contributed by atoms with van der Waals surface area (Å²) in [6.45, 7) is 1.99. The van der Waals surface area contributed by atoms with Gasteiger partial charge in [-0.3, -0.25) is 4.79 Å². The van der Waals surface area contributed by atoms with E-state index in [0.717, 1.165) is 18.7 Å². The Kier molecular flexibility index (Phi) is 6.58. The van der Waals surface area contributed by atoms with Gasteiger partial charge < -0.3 is 15.4 Å². The Bertz CT molecular complexity index is 425. The molecule has 19 heavy (non-hydrogen) atoms. The first-order chi connectivity index (χ1) is 8.70. The summed E-state index contributed by atoms with van der Waals surface area (Å²) in [5, 5.41) is 6.65. The Morgan fingerprint density at radius 1 is 1.58 bits per heavy atom. The molecule has 1 unspecified atom stereocenters. The Morgan fingerprint density at radius 2 is 2.32 bits per heavy atom. The highest BCUT2D eigenvalue weighted by Gasteiger charge is 2.25. The summed E-state index contributed by atoms with van der Waals surface area (Å²) >= 11 is 5.94. The smallest absolute Gasteiger partial charge is 0.225 e. The van der Waals surface area contributed by atoms with Crippen molar-refractivity contribution in [2.24, 2.45) is 5.92 Å². The lowest BCUT2D eigenvalue weighted by molar-refractivity contribution is -0.127. The second-order valence-electron chi connectivity index (χ2n) is 4.38. The summed E-state index contributed by atoms with van der Waals surface area (Å²) in [5.41, 5.74) is 0.969. The van der Waals surface area contributed by atoms with Crippen molar-refractivity contribution < 1.29 is 9.53 Å². The predicted molar refractivity (Wildman–Crippen MR) is 77.8 cm³/mol. The highest BCUT2D eigenvalue weighted by Crippen LogP contribution is 2.19. The molecule has 2 rings (SSSR count). The summed E-state index contributed by atoms with van der Waals surface area (Å²) in [6, 6.07) is 7.49. The second kappa shape index (κ2) is 7.70. The Labute approximate surface area is 124 Å². The minimum Gasteiger partial charge on any atom is -0.375 e. The largest absolute Gasteiger partial charge is 0.375 e. The fourth-order valence-corrected chi connectivity index (χ4v) is 2.05. The zero-order valence-corrected chi connectivity index (χ0v) is 12.3. The van der Waals surface area contributed by atoms with Gasteiger partial charge in [0.2, 0.25) is 5.91 Å². The molecule has 1 aromatic carbocycles. The number of carbonyl (C=O) groups excluding carboxylic acids is 1. The maximum absolute atomic E-state index is 11.7. The van der Waals surface area contributed by atoms with Crippen molar-refractivity contribution in [3.05, 3.63) is 34.9 Å². The number of benzene rings is 1. The summed E-state index contributed by atoms with van der Waals surface area (Å²) in [6.07, 6.45) is -0.166. The van der Waals surface area contributed by atoms with E-state index in [1.54, 1.807) is 7.11 Å². The highest BCUT2D eigenvalue weighted by atomic mass is 35.5. The molecule has 2 N–H and O–H groups in total. The van der Waals surface area contributed by atoms with Crippen LogP contribution in [0.15, 0.2) is 24.3 Å². The molecule has 1 heterocycles. The van der Waals surface area contributed by atoms with Crippen LogP contribution in [0.5, 0.6) is 0 Å². The summed E-state index contributed by atoms with van der Waals surface area (Å²) < 4.78 is 5.38. The topological polar surface area (TPSA) is 50.4 Å². The van der Waals surface area contributed by atoms with Crippen LogP contribution in [0.25, 0.3) is 0 Å². The number of hydrogen-bond acceptors (Lipinski definition) is 3. The van der Waals surface area contributed by atoms with Crippen molar-refractivity contribution in [3.8, 4) is 0 Å². The van der Waals surface area contributed by atoms with Gasteiger partial charge in [-0.2, -0.15) is 0 Å². The average Bonchev–Trinajstić information content (AvgIpc) is 2.27. The lowest BCUT2D eigenvalue weighted by Crippen LogP contribution is -2.51. The van der Waals surface area contributed by atoms with Gasteiger partial charge >= 0.3 is 0 Å². The molecule has 1 aliphatic rings. The Hall–Kier alpha value is -0.810. The molecule has 1 saturated heterocycles. The van der Waals surface area contributed by atoms with Crippen LogP contribution in [0.2, 0.25) is 5.02 Å². The van der Waals surface area contributed by atoms with Crippen LogP contribution in [0.3, 0.4) is 0 Å². The minimum absolute atomic E-state index is 0. The van der Waals surface area contributed by atoms with Crippen molar-refractivity contribution in [2.45, 2.75) is 6.10 Å². The van der Waals surface area contributed by atoms with Crippen molar-refractivity contribution in [1.29, 1.82) is 0 Å². The third-order valence-electron chi connectivity index (χ3n) is 3.12. The fraction of sp³-hybridized carbons (Fsp3) is 0.462. The quantitative estimate of drug-likeness (QED) is 0.872. The molecule has 0 radical (unpaired) electrons. The van der Waals surface area contributed by atoms with Crippen LogP contribution < -0.4 is 10.6 Å². The normalized spacial score (nSPS) is 16.1. The zero-order valence-electron chi connectivity index (χ0n) is 10.7. The van der Waals surface area contributed by atoms with Crippen molar-refractivity contribution >= 4 is 29.9 Å². The number of halogens is 2. The first kappa shape index (κ1) is 16.2. The van der Waals surface area contributed by atoms with E-state index in [-0.39, 0.29) is 30.3 Å². The van der Waals surface area contributed by atoms with Crippen LogP contribution in [0.1, 0.15) is 11.7 Å². The molecule has 0 aliphatic carbocycles. The standard InChI is InChI=1S/C13H17ClN2O2.ClH/c1-18-12(9-3-2-4-11(14)5-9)8-16-13(17)10-6-15-7-10;/h2-5,10,12,15H,6-8H2,1H3,(H,16,17);1H. The number of methoxy groups -OCH3 is 1. The highest BCUT2D eigenvalue weighted by molar-refractivity contribution is 6.30. The second-order valence-corrected chi connectivity index (χ2v) is 4.82. The van der Waals surface area contributed by atoms with Gasteiger partial charge in [0.1, 0.15) is 0 Å². The molecule has 4 nitrogen and oxygen atoms in total. The molecular formula is C13H18Cl2N2O2. The van der Waals surface area contributed by atoms with Crippen LogP contribution in [-0.4, -0.2) is 32.7 Å². The molecule has 0 aromatic heterocycles. The van der Waals surface area contributed by atoms with E-state index in [4.69, 9.17) is 16.3 Å². The number of rotatable bonds is 5. The average molecular weight is 305 g/mol. The zero-order chi connectivity index (χ0) is 13.0. The van der Waals surface area contributed by atoms with Crippen molar-refractivity contribution in [2.75, 3.05) is 26.7 Å². The molecule has 0 bridgehead atoms. The number of amides is 1. The first-order valence-electron chi connectivity index (χ1n) is 5.97. The van der Waals surface area contributed by atoms with E-state index in [2.05, 4.69) is 10.6 Å². The summed E-state index contributed by atoms with van der Waals surface area (Å²) in [4.78, 5) is 11.7. The maximum Gasteiger partial charge on any atom is 0.225 e. The van der Waals surface area contributed by atoms with E-state index in [9.17, 15) is 4.79 Å². The maximum atomic E-state index is 11.7. The van der Waals surface area contributed by atoms with Gasteiger partial charge in [0.05, 0.1) is 12.0 Å². The van der Waals surface area contributed by atoms with Gasteiger partial charge in [0.15, 0.2) is 0 Å². The number of nitrogens with one attached hydrogen (secondary N) is 2. The number of hydrogen-bond donors (Lipinski definition) is 2. The minimum atomic E-state index is -0.166. The van der Waals surface area contributed by atoms with E-state index in [1.807, 2.05) is 24.3 Å². The van der Waals surface area contributed by atoms with Gasteiger partial charge in [-0.05, 0) is 17.7 Å². The van der Waals surface area contributed by atoms with Crippen LogP contribution in [0.4, 0.5) is 0 Å². The van der Waals surface area contributed by atoms with Gasteiger partial charge in [0.25, 0.3) is 0 Å². The SMILES string of the molecule is COC(CNC(=O)C1CNC1)c1cccc(Cl)c1.Cl. The first-order valence-corrected chi connectivity index (χ1v) is 6.35. The molecule has 106 valence electrons. The molecule has 0 saturated carbocycles. The van der Waals surface area contributed by atoms with E-state index < -0.39 is 0 Å². The lowest BCUT2D eigenvalue weighted by atomic mass is 10.0. The summed E-state index contributed by atoms with van der Waals surface area (Å²) in [7, 11) is 1.63. The van der Waals surface area contributed by atoms with Crippen LogP contribution in [-0.2, 0) is 9.53 Å². The van der Waals surface area contributed by atoms with Gasteiger partial charge in [-0.15, -0.1) is 12.4 Å². The fourth-order valence-electron chi connectivity index (χ4n) is 1.86. The molecule has 1 fully saturated rings. The van der Waals surface area contributed by atoms with Gasteiger partial charge in [-0.1, -0.05) is 23.7 Å². The lowest BCUT2D eigenvalue weighted by Gasteiger charge is -2.26. The van der Waals surface area contributed by atoms with Crippen LogP contribution in [0, 0.1) is 5.92 Å². The number of carbonyl (C=O) groups is 1. The molecule has 1 amide bonds. The molecule has 1 aliphatic heterocycles. The third-order valence-corrected chi connectivity index (χ3v) is 3.35. The van der Waals surface area contributed by atoms with Crippen molar-refractivity contribution in [1.82, 2.24) is 10.6 Å². The predicted octanol–water partition coefficient (Wildman–Crippen LogP) is 1.78. The van der Waals surface area contributed by atoms with E-state index >= 15 is 0 Å². The Balaban J connectivity index is 0.00000180. The van der Waals surface area contributed by atoms with Crippen molar-refractivity contribution in [3.63, 3.8) is 0 Å². The molecular weight excluding hydrogens is 287 g/mol. The molecule has 1 aromatic rings. The van der Waals surface area contributed by atoms with Gasteiger partial charge in [0, 0.05) is 31.8 Å². The van der Waals surface area contributed by atoms with Gasteiger partial charge in [-0.25, -0.2) is 0 Å². The molecule has 1 atom stereocenters. The van der Waals surface area contributed by atoms with Crippen LogP contribution >= 0.6 is 24.0 Å². The van der Waals surface area contributed by atoms with E-state index in [1.165, 1.54) is 0 Å². The van der Waals surface area contributed by atoms with E-state index in [0.29, 0.717) is 11.6 Å².